The Morgan fingerprint density at radius 1 is 1.16 bits per heavy atom. The van der Waals surface area contributed by atoms with Crippen molar-refractivity contribution in [2.75, 3.05) is 17.6 Å². The lowest BCUT2D eigenvalue weighted by Crippen LogP contribution is -2.34. The van der Waals surface area contributed by atoms with Crippen LogP contribution in [0.1, 0.15) is 37.3 Å². The van der Waals surface area contributed by atoms with Gasteiger partial charge in [-0.25, -0.2) is 4.79 Å². The largest absolute Gasteiger partial charge is 0.323 e. The lowest BCUT2D eigenvalue weighted by molar-refractivity contribution is 0.214. The predicted molar refractivity (Wildman–Crippen MR) is 110 cm³/mol. The third kappa shape index (κ3) is 4.21. The molecular weight excluding hydrogens is 396 g/mol. The number of amides is 2. The van der Waals surface area contributed by atoms with Crippen molar-refractivity contribution < 1.29 is 4.79 Å². The summed E-state index contributed by atoms with van der Waals surface area (Å²) in [5, 5.41) is 3.08. The minimum atomic E-state index is -0.0539. The molecule has 0 spiro atoms. The monoisotopic (exact) mass is 418 g/mol. The molecule has 2 aromatic rings. The minimum absolute atomic E-state index is 0.0539. The number of rotatable bonds is 2. The Bertz CT molecular complexity index is 755. The van der Waals surface area contributed by atoms with Crippen LogP contribution in [-0.2, 0) is 5.41 Å². The van der Waals surface area contributed by atoms with E-state index in [1.165, 1.54) is 11.1 Å². The summed E-state index contributed by atoms with van der Waals surface area (Å²) >= 11 is 5.29. The lowest BCUT2D eigenvalue weighted by atomic mass is 9.87. The number of hydrogen-bond acceptors (Lipinski definition) is 2. The molecule has 0 saturated carbocycles. The molecule has 1 heterocycles. The van der Waals surface area contributed by atoms with E-state index in [-0.39, 0.29) is 16.8 Å². The first kappa shape index (κ1) is 18.3. The van der Waals surface area contributed by atoms with Crippen molar-refractivity contribution in [2.24, 2.45) is 0 Å². The normalized spacial score (nSPS) is 17.6. The lowest BCUT2D eigenvalue weighted by Gasteiger charge is -2.26. The Morgan fingerprint density at radius 3 is 2.48 bits per heavy atom. The molecule has 1 saturated heterocycles. The molecule has 0 bridgehead atoms. The third-order valence-electron chi connectivity index (χ3n) is 4.33. The Hall–Kier alpha value is -1.46. The highest BCUT2D eigenvalue weighted by Gasteiger charge is 2.31. The molecule has 5 heteroatoms. The van der Waals surface area contributed by atoms with E-state index in [9.17, 15) is 4.79 Å². The fourth-order valence-corrected chi connectivity index (χ4v) is 4.49. The first-order chi connectivity index (χ1) is 11.9. The molecule has 1 aliphatic rings. The fraction of sp³-hybridized carbons (Fsp3) is 0.350. The van der Waals surface area contributed by atoms with Gasteiger partial charge in [0.2, 0.25) is 0 Å². The van der Waals surface area contributed by atoms with Crippen molar-refractivity contribution in [2.45, 2.75) is 31.6 Å². The zero-order valence-electron chi connectivity index (χ0n) is 14.8. The number of thioether (sulfide) groups is 1. The first-order valence-corrected chi connectivity index (χ1v) is 10.2. The van der Waals surface area contributed by atoms with Crippen LogP contribution in [0, 0.1) is 0 Å². The summed E-state index contributed by atoms with van der Waals surface area (Å²) < 4.78 is 0.890. The van der Waals surface area contributed by atoms with Crippen LogP contribution in [0.15, 0.2) is 53.0 Å². The second kappa shape index (κ2) is 7.42. The number of benzene rings is 2. The molecule has 25 heavy (non-hydrogen) atoms. The van der Waals surface area contributed by atoms with E-state index in [1.54, 1.807) is 0 Å². The topological polar surface area (TPSA) is 32.3 Å². The van der Waals surface area contributed by atoms with Gasteiger partial charge in [-0.3, -0.25) is 0 Å². The zero-order valence-corrected chi connectivity index (χ0v) is 17.2. The number of halogens is 1. The minimum Gasteiger partial charge on any atom is -0.308 e. The maximum absolute atomic E-state index is 12.8. The number of urea groups is 1. The van der Waals surface area contributed by atoms with Crippen LogP contribution in [0.3, 0.4) is 0 Å². The molecule has 2 amide bonds. The molecule has 0 unspecified atom stereocenters. The molecule has 0 aromatic heterocycles. The summed E-state index contributed by atoms with van der Waals surface area (Å²) in [5.41, 5.74) is 3.42. The molecule has 2 aromatic carbocycles. The van der Waals surface area contributed by atoms with Crippen molar-refractivity contribution in [1.29, 1.82) is 0 Å². The van der Waals surface area contributed by atoms with Gasteiger partial charge >= 0.3 is 6.03 Å². The summed E-state index contributed by atoms with van der Waals surface area (Å²) in [4.78, 5) is 14.7. The Morgan fingerprint density at radius 2 is 1.84 bits per heavy atom. The van der Waals surface area contributed by atoms with Gasteiger partial charge in [0.15, 0.2) is 0 Å². The summed E-state index contributed by atoms with van der Waals surface area (Å²) in [6.07, 6.45) is 0. The number of anilines is 1. The number of para-hydroxylation sites is 1. The van der Waals surface area contributed by atoms with Gasteiger partial charge < -0.3 is 10.2 Å². The number of carbonyl (C=O) groups is 1. The Kier molecular flexibility index (Phi) is 5.44. The van der Waals surface area contributed by atoms with Crippen LogP contribution in [0.5, 0.6) is 0 Å². The Balaban J connectivity index is 1.76. The highest BCUT2D eigenvalue weighted by atomic mass is 79.9. The summed E-state index contributed by atoms with van der Waals surface area (Å²) in [6, 6.07) is 16.3. The van der Waals surface area contributed by atoms with Gasteiger partial charge in [0.25, 0.3) is 0 Å². The Labute approximate surface area is 162 Å². The standard InChI is InChI=1S/C20H23BrN2OS/c1-20(2,3)15-10-8-14(9-11-15)18-23(12-13-25-18)19(24)22-17-7-5-4-6-16(17)21/h4-11,18H,12-13H2,1-3H3,(H,22,24)/t18-/m0/s1. The highest BCUT2D eigenvalue weighted by Crippen LogP contribution is 2.39. The van der Waals surface area contributed by atoms with Crippen LogP contribution < -0.4 is 5.32 Å². The maximum Gasteiger partial charge on any atom is 0.323 e. The average Bonchev–Trinajstić information content (AvgIpc) is 3.06. The molecule has 1 N–H and O–H groups in total. The third-order valence-corrected chi connectivity index (χ3v) is 6.28. The van der Waals surface area contributed by atoms with Gasteiger partial charge in [0.1, 0.15) is 5.37 Å². The van der Waals surface area contributed by atoms with Crippen molar-refractivity contribution in [3.8, 4) is 0 Å². The van der Waals surface area contributed by atoms with E-state index in [4.69, 9.17) is 0 Å². The second-order valence-corrected chi connectivity index (χ2v) is 9.24. The molecule has 1 fully saturated rings. The number of nitrogens with one attached hydrogen (secondary N) is 1. The van der Waals surface area contributed by atoms with Crippen LogP contribution in [0.25, 0.3) is 0 Å². The molecule has 3 nitrogen and oxygen atoms in total. The second-order valence-electron chi connectivity index (χ2n) is 7.20. The summed E-state index contributed by atoms with van der Waals surface area (Å²) in [6.45, 7) is 7.39. The van der Waals surface area contributed by atoms with Gasteiger partial charge in [-0.2, -0.15) is 0 Å². The summed E-state index contributed by atoms with van der Waals surface area (Å²) in [7, 11) is 0. The van der Waals surface area contributed by atoms with E-state index < -0.39 is 0 Å². The van der Waals surface area contributed by atoms with Crippen LogP contribution >= 0.6 is 27.7 Å². The van der Waals surface area contributed by atoms with Crippen LogP contribution in [0.2, 0.25) is 0 Å². The molecule has 0 aliphatic carbocycles. The number of nitrogens with zero attached hydrogens (tertiary/aromatic N) is 1. The van der Waals surface area contributed by atoms with Gasteiger partial charge in [0.05, 0.1) is 5.69 Å². The van der Waals surface area contributed by atoms with Crippen molar-refractivity contribution in [1.82, 2.24) is 4.90 Å². The average molecular weight is 419 g/mol. The van der Waals surface area contributed by atoms with Crippen molar-refractivity contribution >= 4 is 39.4 Å². The number of carbonyl (C=O) groups excluding carboxylic acids is 1. The quantitative estimate of drug-likeness (QED) is 0.645. The number of hydrogen-bond donors (Lipinski definition) is 1. The van der Waals surface area contributed by atoms with E-state index in [2.05, 4.69) is 66.3 Å². The zero-order chi connectivity index (χ0) is 18.0. The SMILES string of the molecule is CC(C)(C)c1ccc([C@@H]2SCCN2C(=O)Nc2ccccc2Br)cc1. The molecule has 0 radical (unpaired) electrons. The van der Waals surface area contributed by atoms with E-state index in [1.807, 2.05) is 40.9 Å². The highest BCUT2D eigenvalue weighted by molar-refractivity contribution is 9.10. The molecular formula is C20H23BrN2OS. The fourth-order valence-electron chi connectivity index (χ4n) is 2.85. The van der Waals surface area contributed by atoms with Gasteiger partial charge in [-0.05, 0) is 44.6 Å². The van der Waals surface area contributed by atoms with Crippen LogP contribution in [0.4, 0.5) is 10.5 Å². The molecule has 3 rings (SSSR count). The maximum atomic E-state index is 12.8. The van der Waals surface area contributed by atoms with Gasteiger partial charge in [-0.15, -0.1) is 11.8 Å². The van der Waals surface area contributed by atoms with Crippen molar-refractivity contribution in [3.05, 3.63) is 64.1 Å². The van der Waals surface area contributed by atoms with E-state index in [0.717, 1.165) is 22.5 Å². The predicted octanol–water partition coefficient (Wildman–Crippen LogP) is 6.03. The van der Waals surface area contributed by atoms with Crippen LogP contribution in [-0.4, -0.2) is 23.2 Å². The molecule has 1 atom stereocenters. The first-order valence-electron chi connectivity index (χ1n) is 8.40. The van der Waals surface area contributed by atoms with E-state index >= 15 is 0 Å². The molecule has 1 aliphatic heterocycles. The van der Waals surface area contributed by atoms with Gasteiger partial charge in [0, 0.05) is 16.8 Å². The molecule has 132 valence electrons. The van der Waals surface area contributed by atoms with E-state index in [0.29, 0.717) is 0 Å². The summed E-state index contributed by atoms with van der Waals surface area (Å²) in [5.74, 6) is 0.953. The van der Waals surface area contributed by atoms with Gasteiger partial charge in [-0.1, -0.05) is 57.2 Å². The smallest absolute Gasteiger partial charge is 0.308 e. The van der Waals surface area contributed by atoms with Crippen molar-refractivity contribution in [3.63, 3.8) is 0 Å².